The van der Waals surface area contributed by atoms with Crippen molar-refractivity contribution in [3.63, 3.8) is 0 Å². The molecule has 1 aliphatic heterocycles. The first-order valence-electron chi connectivity index (χ1n) is 6.58. The molecule has 0 saturated heterocycles. The SMILES string of the molecule is O=C(Cc1ccc(Br)cc1)Nc1ccc2c(n1)NC(=O)CO2. The number of nitrogens with zero attached hydrogens (tertiary/aromatic N) is 1. The lowest BCUT2D eigenvalue weighted by Crippen LogP contribution is -2.26. The highest BCUT2D eigenvalue weighted by Crippen LogP contribution is 2.26. The molecule has 1 aromatic heterocycles. The first-order valence-corrected chi connectivity index (χ1v) is 7.37. The summed E-state index contributed by atoms with van der Waals surface area (Å²) < 4.78 is 6.17. The van der Waals surface area contributed by atoms with Gasteiger partial charge in [-0.15, -0.1) is 0 Å². The van der Waals surface area contributed by atoms with Crippen LogP contribution in [0.15, 0.2) is 40.9 Å². The van der Waals surface area contributed by atoms with Crippen LogP contribution in [0.25, 0.3) is 0 Å². The van der Waals surface area contributed by atoms with Gasteiger partial charge in [0.15, 0.2) is 18.2 Å². The van der Waals surface area contributed by atoms with Gasteiger partial charge >= 0.3 is 0 Å². The number of rotatable bonds is 3. The molecule has 0 radical (unpaired) electrons. The number of nitrogens with one attached hydrogen (secondary N) is 2. The van der Waals surface area contributed by atoms with E-state index in [0.29, 0.717) is 17.4 Å². The summed E-state index contributed by atoms with van der Waals surface area (Å²) in [7, 11) is 0. The number of anilines is 2. The highest BCUT2D eigenvalue weighted by molar-refractivity contribution is 9.10. The zero-order valence-corrected chi connectivity index (χ0v) is 13.0. The van der Waals surface area contributed by atoms with Crippen molar-refractivity contribution in [1.29, 1.82) is 0 Å². The minimum absolute atomic E-state index is 0.0239. The summed E-state index contributed by atoms with van der Waals surface area (Å²) in [6.07, 6.45) is 0.245. The van der Waals surface area contributed by atoms with Gasteiger partial charge in [-0.2, -0.15) is 0 Å². The number of carbonyl (C=O) groups excluding carboxylic acids is 2. The molecule has 2 heterocycles. The Balaban J connectivity index is 1.67. The summed E-state index contributed by atoms with van der Waals surface area (Å²) in [5, 5.41) is 5.30. The molecule has 1 aliphatic rings. The van der Waals surface area contributed by atoms with Crippen molar-refractivity contribution in [2.45, 2.75) is 6.42 Å². The van der Waals surface area contributed by atoms with E-state index in [1.807, 2.05) is 24.3 Å². The van der Waals surface area contributed by atoms with Crippen LogP contribution in [0.2, 0.25) is 0 Å². The topological polar surface area (TPSA) is 80.3 Å². The minimum atomic E-state index is -0.265. The molecular formula is C15H12BrN3O3. The first kappa shape index (κ1) is 14.5. The number of hydrogen-bond donors (Lipinski definition) is 2. The van der Waals surface area contributed by atoms with E-state index >= 15 is 0 Å². The molecule has 0 atom stereocenters. The monoisotopic (exact) mass is 361 g/mol. The quantitative estimate of drug-likeness (QED) is 0.879. The molecule has 0 spiro atoms. The third kappa shape index (κ3) is 3.43. The molecule has 7 heteroatoms. The minimum Gasteiger partial charge on any atom is -0.480 e. The Bertz CT molecular complexity index is 731. The highest BCUT2D eigenvalue weighted by Gasteiger charge is 2.17. The number of aromatic nitrogens is 1. The summed E-state index contributed by atoms with van der Waals surface area (Å²) in [5.74, 6) is 0.728. The van der Waals surface area contributed by atoms with Crippen LogP contribution in [-0.4, -0.2) is 23.4 Å². The predicted molar refractivity (Wildman–Crippen MR) is 84.8 cm³/mol. The van der Waals surface area contributed by atoms with E-state index in [2.05, 4.69) is 31.5 Å². The largest absolute Gasteiger partial charge is 0.480 e. The van der Waals surface area contributed by atoms with Gasteiger partial charge in [-0.3, -0.25) is 9.59 Å². The fourth-order valence-electron chi connectivity index (χ4n) is 2.01. The standard InChI is InChI=1S/C15H12BrN3O3/c16-10-3-1-9(2-4-10)7-13(20)17-12-6-5-11-15(18-12)19-14(21)8-22-11/h1-6H,7-8H2,(H2,17,18,19,20,21). The average molecular weight is 362 g/mol. The number of pyridine rings is 1. The number of ether oxygens (including phenoxy) is 1. The Kier molecular flexibility index (Phi) is 4.06. The van der Waals surface area contributed by atoms with E-state index in [-0.39, 0.29) is 24.8 Å². The molecule has 0 saturated carbocycles. The molecule has 112 valence electrons. The number of hydrogen-bond acceptors (Lipinski definition) is 4. The summed E-state index contributed by atoms with van der Waals surface area (Å²) in [4.78, 5) is 27.4. The van der Waals surface area contributed by atoms with Crippen molar-refractivity contribution < 1.29 is 14.3 Å². The van der Waals surface area contributed by atoms with Crippen LogP contribution in [0.5, 0.6) is 5.75 Å². The molecule has 0 fully saturated rings. The lowest BCUT2D eigenvalue weighted by atomic mass is 10.1. The molecule has 1 aromatic carbocycles. The van der Waals surface area contributed by atoms with Crippen LogP contribution in [0.1, 0.15) is 5.56 Å². The third-order valence-electron chi connectivity index (χ3n) is 3.02. The zero-order chi connectivity index (χ0) is 15.5. The van der Waals surface area contributed by atoms with E-state index in [0.717, 1.165) is 10.0 Å². The van der Waals surface area contributed by atoms with Gasteiger partial charge in [0.1, 0.15) is 5.82 Å². The lowest BCUT2D eigenvalue weighted by Gasteiger charge is -2.17. The molecule has 0 aliphatic carbocycles. The van der Waals surface area contributed by atoms with Crippen LogP contribution in [0.4, 0.5) is 11.6 Å². The van der Waals surface area contributed by atoms with Crippen molar-refractivity contribution in [3.8, 4) is 5.75 Å². The number of fused-ring (bicyclic) bond motifs is 1. The highest BCUT2D eigenvalue weighted by atomic mass is 79.9. The van der Waals surface area contributed by atoms with Crippen LogP contribution in [-0.2, 0) is 16.0 Å². The van der Waals surface area contributed by atoms with Gasteiger partial charge in [-0.05, 0) is 29.8 Å². The molecule has 6 nitrogen and oxygen atoms in total. The Morgan fingerprint density at radius 1 is 1.27 bits per heavy atom. The Labute approximate surface area is 135 Å². The van der Waals surface area contributed by atoms with Gasteiger partial charge in [0.05, 0.1) is 6.42 Å². The fraction of sp³-hybridized carbons (Fsp3) is 0.133. The lowest BCUT2D eigenvalue weighted by molar-refractivity contribution is -0.118. The number of amides is 2. The second kappa shape index (κ2) is 6.15. The molecule has 22 heavy (non-hydrogen) atoms. The van der Waals surface area contributed by atoms with Crippen LogP contribution in [0, 0.1) is 0 Å². The maximum atomic E-state index is 12.0. The van der Waals surface area contributed by atoms with Crippen molar-refractivity contribution in [1.82, 2.24) is 4.98 Å². The summed E-state index contributed by atoms with van der Waals surface area (Å²) in [6.45, 7) is -0.0239. The summed E-state index contributed by atoms with van der Waals surface area (Å²) in [5.41, 5.74) is 0.898. The summed E-state index contributed by atoms with van der Waals surface area (Å²) >= 11 is 3.35. The normalized spacial score (nSPS) is 12.9. The zero-order valence-electron chi connectivity index (χ0n) is 11.4. The van der Waals surface area contributed by atoms with Crippen molar-refractivity contribution in [3.05, 3.63) is 46.4 Å². The van der Waals surface area contributed by atoms with E-state index in [4.69, 9.17) is 4.74 Å². The number of carbonyl (C=O) groups is 2. The van der Waals surface area contributed by atoms with E-state index in [1.165, 1.54) is 0 Å². The third-order valence-corrected chi connectivity index (χ3v) is 3.55. The predicted octanol–water partition coefficient (Wildman–Crippen LogP) is 2.36. The maximum absolute atomic E-state index is 12.0. The molecule has 0 bridgehead atoms. The first-order chi connectivity index (χ1) is 10.6. The van der Waals surface area contributed by atoms with E-state index < -0.39 is 0 Å². The van der Waals surface area contributed by atoms with Crippen LogP contribution >= 0.6 is 15.9 Å². The Morgan fingerprint density at radius 3 is 2.82 bits per heavy atom. The van der Waals surface area contributed by atoms with E-state index in [1.54, 1.807) is 12.1 Å². The second-order valence-electron chi connectivity index (χ2n) is 4.73. The van der Waals surface area contributed by atoms with Crippen molar-refractivity contribution in [2.75, 3.05) is 17.2 Å². The Morgan fingerprint density at radius 2 is 2.05 bits per heavy atom. The fourth-order valence-corrected chi connectivity index (χ4v) is 2.27. The molecule has 3 rings (SSSR count). The van der Waals surface area contributed by atoms with E-state index in [9.17, 15) is 9.59 Å². The van der Waals surface area contributed by atoms with Crippen LogP contribution in [0.3, 0.4) is 0 Å². The van der Waals surface area contributed by atoms with Crippen LogP contribution < -0.4 is 15.4 Å². The van der Waals surface area contributed by atoms with Gasteiger partial charge in [0.2, 0.25) is 5.91 Å². The van der Waals surface area contributed by atoms with Gasteiger partial charge < -0.3 is 15.4 Å². The van der Waals surface area contributed by atoms with Crippen molar-refractivity contribution in [2.24, 2.45) is 0 Å². The van der Waals surface area contributed by atoms with Gasteiger partial charge in [-0.1, -0.05) is 28.1 Å². The molecule has 2 N–H and O–H groups in total. The summed E-state index contributed by atoms with van der Waals surface area (Å²) in [6, 6.07) is 10.8. The van der Waals surface area contributed by atoms with Crippen molar-refractivity contribution >= 4 is 39.4 Å². The smallest absolute Gasteiger partial charge is 0.263 e. The second-order valence-corrected chi connectivity index (χ2v) is 5.65. The number of benzene rings is 1. The van der Waals surface area contributed by atoms with Gasteiger partial charge in [0.25, 0.3) is 5.91 Å². The Hall–Kier alpha value is -2.41. The molecular weight excluding hydrogens is 350 g/mol. The van der Waals surface area contributed by atoms with Gasteiger partial charge in [0, 0.05) is 4.47 Å². The van der Waals surface area contributed by atoms with Gasteiger partial charge in [-0.25, -0.2) is 4.98 Å². The average Bonchev–Trinajstić information content (AvgIpc) is 2.49. The molecule has 2 aromatic rings. The molecule has 2 amide bonds. The molecule has 0 unspecified atom stereocenters. The maximum Gasteiger partial charge on any atom is 0.263 e. The number of halogens is 1.